The molecule has 1 aliphatic heterocycles. The number of hydrogen-bond acceptors (Lipinski definition) is 5. The molecular weight excluding hydrogens is 605 g/mol. The van der Waals surface area contributed by atoms with E-state index in [1.54, 1.807) is 6.26 Å². The van der Waals surface area contributed by atoms with Crippen LogP contribution in [0.25, 0.3) is 0 Å². The number of rotatable bonds is 7. The molecule has 2 aliphatic rings. The molecule has 47 heavy (non-hydrogen) atoms. The van der Waals surface area contributed by atoms with E-state index in [-0.39, 0.29) is 0 Å². The fraction of sp³-hybridized carbons (Fsp3) is 0.268. The maximum absolute atomic E-state index is 12.9. The van der Waals surface area contributed by atoms with E-state index >= 15 is 0 Å². The van der Waals surface area contributed by atoms with Crippen molar-refractivity contribution in [3.05, 3.63) is 174 Å². The van der Waals surface area contributed by atoms with Crippen LogP contribution in [0.4, 0.5) is 0 Å². The summed E-state index contributed by atoms with van der Waals surface area (Å²) in [7, 11) is -0.829. The van der Waals surface area contributed by atoms with Crippen molar-refractivity contribution < 1.29 is 23.9 Å². The third-order valence-corrected chi connectivity index (χ3v) is 10.3. The van der Waals surface area contributed by atoms with Crippen molar-refractivity contribution >= 4 is 10.8 Å². The molecule has 242 valence electrons. The van der Waals surface area contributed by atoms with E-state index in [9.17, 15) is 14.4 Å². The molecule has 1 saturated heterocycles. The Balaban J connectivity index is 0.000000373. The van der Waals surface area contributed by atoms with E-state index < -0.39 is 40.0 Å². The molecule has 1 aliphatic carbocycles. The van der Waals surface area contributed by atoms with E-state index in [0.717, 1.165) is 37.0 Å². The lowest BCUT2D eigenvalue weighted by Crippen LogP contribution is -2.54. The first-order valence-electron chi connectivity index (χ1n) is 16.3. The normalized spacial score (nSPS) is 19.8. The van der Waals surface area contributed by atoms with Gasteiger partial charge in [-0.1, -0.05) is 146 Å². The lowest BCUT2D eigenvalue weighted by atomic mass is 9.72. The number of benzene rings is 5. The van der Waals surface area contributed by atoms with Gasteiger partial charge in [0.2, 0.25) is 0 Å². The second-order valence-corrected chi connectivity index (χ2v) is 13.7. The molecule has 5 nitrogen and oxygen atoms in total. The Labute approximate surface area is 280 Å². The SMILES string of the molecule is C[S@@](=O)c1ccccc1.OC(c1ccccc1)(c1ccccc1)[C@@H]1OC2(CCCCC2)O[C@H]1C(O)(c1ccccc1)c1ccccc1. The lowest BCUT2D eigenvalue weighted by molar-refractivity contribution is -0.213. The minimum Gasteiger partial charge on any atom is -0.378 e. The van der Waals surface area contributed by atoms with Gasteiger partial charge in [0.25, 0.3) is 0 Å². The summed E-state index contributed by atoms with van der Waals surface area (Å²) in [6.07, 6.45) is 4.40. The van der Waals surface area contributed by atoms with Crippen LogP contribution in [0.15, 0.2) is 157 Å². The van der Waals surface area contributed by atoms with Crippen LogP contribution >= 0.6 is 0 Å². The molecule has 0 radical (unpaired) electrons. The third-order valence-electron chi connectivity index (χ3n) is 9.33. The molecule has 5 aromatic rings. The standard InChI is InChI=1S/C34H34O4.C7H8OS/c35-33(26-16-6-1-7-17-26,27-18-8-2-9-19-27)30-31(38-32(37-30)24-14-5-15-25-32)34(36,28-20-10-3-11-21-28)29-22-12-4-13-23-29;1-9(8)7-5-3-2-4-6-7/h1-4,6-13,16-23,30-31,35-36H,5,14-15,24-25H2;2-6H,1H3/t30-,31-;9-/m11/s1. The maximum atomic E-state index is 12.9. The van der Waals surface area contributed by atoms with Crippen molar-refractivity contribution in [2.45, 2.75) is 66.2 Å². The van der Waals surface area contributed by atoms with Gasteiger partial charge in [-0.05, 0) is 47.2 Å². The Hall–Kier alpha value is -3.91. The summed E-state index contributed by atoms with van der Waals surface area (Å²) in [6, 6.07) is 47.9. The number of ether oxygens (including phenoxy) is 2. The first kappa shape index (κ1) is 33.0. The van der Waals surface area contributed by atoms with E-state index in [1.165, 1.54) is 0 Å². The van der Waals surface area contributed by atoms with Crippen LogP contribution in [-0.4, -0.2) is 38.7 Å². The Morgan fingerprint density at radius 2 is 0.830 bits per heavy atom. The van der Waals surface area contributed by atoms with Gasteiger partial charge in [0.1, 0.15) is 23.4 Å². The minimum absolute atomic E-state index is 0.695. The summed E-state index contributed by atoms with van der Waals surface area (Å²) in [5, 5.41) is 25.8. The first-order chi connectivity index (χ1) is 22.9. The summed E-state index contributed by atoms with van der Waals surface area (Å²) in [6.45, 7) is 0. The zero-order chi connectivity index (χ0) is 32.7. The number of hydrogen-bond donors (Lipinski definition) is 2. The summed E-state index contributed by atoms with van der Waals surface area (Å²) < 4.78 is 24.6. The largest absolute Gasteiger partial charge is 0.378 e. The predicted octanol–water partition coefficient (Wildman–Crippen LogP) is 7.73. The number of aliphatic hydroxyl groups is 2. The van der Waals surface area contributed by atoms with Crippen LogP contribution in [0.3, 0.4) is 0 Å². The molecule has 5 aromatic carbocycles. The molecule has 1 saturated carbocycles. The van der Waals surface area contributed by atoms with Crippen LogP contribution in [0.5, 0.6) is 0 Å². The van der Waals surface area contributed by atoms with Gasteiger partial charge in [-0.25, -0.2) is 0 Å². The average Bonchev–Trinajstić information content (AvgIpc) is 3.52. The van der Waals surface area contributed by atoms with Crippen molar-refractivity contribution in [3.8, 4) is 0 Å². The minimum atomic E-state index is -1.58. The second kappa shape index (κ2) is 14.5. The van der Waals surface area contributed by atoms with Gasteiger partial charge >= 0.3 is 0 Å². The van der Waals surface area contributed by atoms with Gasteiger partial charge in [-0.2, -0.15) is 0 Å². The molecule has 0 aromatic heterocycles. The van der Waals surface area contributed by atoms with Crippen LogP contribution < -0.4 is 0 Å². The predicted molar refractivity (Wildman–Crippen MR) is 186 cm³/mol. The highest BCUT2D eigenvalue weighted by Gasteiger charge is 2.63. The van der Waals surface area contributed by atoms with Crippen LogP contribution in [-0.2, 0) is 31.5 Å². The molecule has 7 rings (SSSR count). The molecule has 0 bridgehead atoms. The average molecular weight is 647 g/mol. The molecule has 2 N–H and O–H groups in total. The van der Waals surface area contributed by atoms with E-state index in [4.69, 9.17) is 9.47 Å². The summed E-state index contributed by atoms with van der Waals surface area (Å²) in [4.78, 5) is 0.887. The van der Waals surface area contributed by atoms with Gasteiger partial charge in [0.15, 0.2) is 5.79 Å². The molecule has 1 spiro atoms. The van der Waals surface area contributed by atoms with Crippen LogP contribution in [0.2, 0.25) is 0 Å². The highest BCUT2D eigenvalue weighted by Crippen LogP contribution is 2.53. The Morgan fingerprint density at radius 3 is 1.11 bits per heavy atom. The molecule has 0 amide bonds. The zero-order valence-electron chi connectivity index (χ0n) is 26.7. The van der Waals surface area contributed by atoms with Gasteiger partial charge in [0.05, 0.1) is 0 Å². The molecule has 0 unspecified atom stereocenters. The van der Waals surface area contributed by atoms with Crippen molar-refractivity contribution in [2.24, 2.45) is 0 Å². The third kappa shape index (κ3) is 6.75. The van der Waals surface area contributed by atoms with Crippen molar-refractivity contribution in [1.29, 1.82) is 0 Å². The first-order valence-corrected chi connectivity index (χ1v) is 17.8. The van der Waals surface area contributed by atoms with Crippen LogP contribution in [0, 0.1) is 0 Å². The van der Waals surface area contributed by atoms with E-state index in [1.807, 2.05) is 152 Å². The second-order valence-electron chi connectivity index (χ2n) is 12.3. The fourth-order valence-electron chi connectivity index (χ4n) is 6.92. The highest BCUT2D eigenvalue weighted by atomic mass is 32.2. The molecule has 3 atom stereocenters. The molecule has 2 fully saturated rings. The monoisotopic (exact) mass is 646 g/mol. The van der Waals surface area contributed by atoms with Crippen molar-refractivity contribution in [3.63, 3.8) is 0 Å². The summed E-state index contributed by atoms with van der Waals surface area (Å²) in [5.41, 5.74) is -0.373. The fourth-order valence-corrected chi connectivity index (χ4v) is 7.46. The molecule has 6 heteroatoms. The lowest BCUT2D eigenvalue weighted by Gasteiger charge is -2.42. The van der Waals surface area contributed by atoms with Crippen molar-refractivity contribution in [2.75, 3.05) is 6.26 Å². The van der Waals surface area contributed by atoms with Gasteiger partial charge in [0, 0.05) is 34.8 Å². The smallest absolute Gasteiger partial charge is 0.169 e. The summed E-state index contributed by atoms with van der Waals surface area (Å²) >= 11 is 0. The van der Waals surface area contributed by atoms with Crippen molar-refractivity contribution in [1.82, 2.24) is 0 Å². The van der Waals surface area contributed by atoms with E-state index in [2.05, 4.69) is 0 Å². The van der Waals surface area contributed by atoms with E-state index in [0.29, 0.717) is 22.3 Å². The Morgan fingerprint density at radius 1 is 0.532 bits per heavy atom. The molecular formula is C41H42O5S. The van der Waals surface area contributed by atoms with Gasteiger partial charge in [-0.3, -0.25) is 4.21 Å². The zero-order valence-corrected chi connectivity index (χ0v) is 27.5. The highest BCUT2D eigenvalue weighted by molar-refractivity contribution is 7.84. The van der Waals surface area contributed by atoms with Gasteiger partial charge in [-0.15, -0.1) is 0 Å². The van der Waals surface area contributed by atoms with Crippen LogP contribution in [0.1, 0.15) is 54.4 Å². The topological polar surface area (TPSA) is 76.0 Å². The summed E-state index contributed by atoms with van der Waals surface area (Å²) in [5.74, 6) is -0.872. The Kier molecular flexibility index (Phi) is 10.2. The molecule has 1 heterocycles. The van der Waals surface area contributed by atoms with Gasteiger partial charge < -0.3 is 19.7 Å². The maximum Gasteiger partial charge on any atom is 0.169 e. The Bertz CT molecular complexity index is 1530. The quantitative estimate of drug-likeness (QED) is 0.189.